The third-order valence-electron chi connectivity index (χ3n) is 4.51. The van der Waals surface area contributed by atoms with Crippen LogP contribution in [0, 0.1) is 11.8 Å². The van der Waals surface area contributed by atoms with Gasteiger partial charge in [0.2, 0.25) is 5.91 Å². The summed E-state index contributed by atoms with van der Waals surface area (Å²) in [7, 11) is 0. The van der Waals surface area contributed by atoms with Crippen LogP contribution in [0.15, 0.2) is 0 Å². The molecule has 0 aromatic rings. The standard InChI is InChI=1S/C14H23NO4S/c1-5-11-15(10(6-20-11)14(17)18)13(16)12-7(2)8(3)19-9(12)4/h7-12H,5-6H2,1-4H3,(H,17,18). The van der Waals surface area contributed by atoms with Crippen molar-refractivity contribution >= 4 is 23.6 Å². The number of thioether (sulfide) groups is 1. The molecule has 2 rings (SSSR count). The molecule has 0 radical (unpaired) electrons. The Morgan fingerprint density at radius 1 is 1.30 bits per heavy atom. The van der Waals surface area contributed by atoms with Crippen LogP contribution in [-0.2, 0) is 14.3 Å². The average Bonchev–Trinajstić information content (AvgIpc) is 2.91. The number of rotatable bonds is 3. The van der Waals surface area contributed by atoms with E-state index in [1.54, 1.807) is 16.7 Å². The summed E-state index contributed by atoms with van der Waals surface area (Å²) in [5, 5.41) is 9.31. The van der Waals surface area contributed by atoms with Crippen LogP contribution < -0.4 is 0 Å². The van der Waals surface area contributed by atoms with E-state index in [9.17, 15) is 14.7 Å². The Kier molecular flexibility index (Phi) is 4.64. The lowest BCUT2D eigenvalue weighted by atomic mass is 9.88. The Labute approximate surface area is 124 Å². The fourth-order valence-electron chi connectivity index (χ4n) is 3.23. The number of carboxylic acids is 1. The van der Waals surface area contributed by atoms with Crippen molar-refractivity contribution in [3.8, 4) is 0 Å². The van der Waals surface area contributed by atoms with Gasteiger partial charge >= 0.3 is 5.97 Å². The van der Waals surface area contributed by atoms with E-state index in [4.69, 9.17) is 4.74 Å². The number of carboxylic acid groups (broad SMARTS) is 1. The third-order valence-corrected chi connectivity index (χ3v) is 5.96. The molecule has 2 fully saturated rings. The summed E-state index contributed by atoms with van der Waals surface area (Å²) in [5.41, 5.74) is 0. The van der Waals surface area contributed by atoms with Crippen molar-refractivity contribution in [3.05, 3.63) is 0 Å². The largest absolute Gasteiger partial charge is 0.480 e. The molecule has 114 valence electrons. The summed E-state index contributed by atoms with van der Waals surface area (Å²) in [6.07, 6.45) is 0.661. The highest BCUT2D eigenvalue weighted by molar-refractivity contribution is 8.00. The van der Waals surface area contributed by atoms with Crippen molar-refractivity contribution in [1.29, 1.82) is 0 Å². The number of carbonyl (C=O) groups excluding carboxylic acids is 1. The maximum absolute atomic E-state index is 12.9. The quantitative estimate of drug-likeness (QED) is 0.861. The third kappa shape index (κ3) is 2.55. The van der Waals surface area contributed by atoms with Crippen LogP contribution in [0.3, 0.4) is 0 Å². The van der Waals surface area contributed by atoms with Gasteiger partial charge in [0.15, 0.2) is 0 Å². The number of nitrogens with zero attached hydrogens (tertiary/aromatic N) is 1. The number of ether oxygens (including phenoxy) is 1. The molecule has 6 unspecified atom stereocenters. The molecule has 6 heteroatoms. The minimum atomic E-state index is -0.908. The smallest absolute Gasteiger partial charge is 0.327 e. The molecule has 2 heterocycles. The van der Waals surface area contributed by atoms with E-state index in [0.717, 1.165) is 6.42 Å². The molecule has 0 aliphatic carbocycles. The van der Waals surface area contributed by atoms with Crippen molar-refractivity contribution in [1.82, 2.24) is 4.90 Å². The summed E-state index contributed by atoms with van der Waals surface area (Å²) < 4.78 is 5.73. The normalized spacial score (nSPS) is 41.1. The summed E-state index contributed by atoms with van der Waals surface area (Å²) >= 11 is 1.56. The van der Waals surface area contributed by atoms with Gasteiger partial charge < -0.3 is 14.7 Å². The summed E-state index contributed by atoms with van der Waals surface area (Å²) in [4.78, 5) is 25.8. The van der Waals surface area contributed by atoms with Gasteiger partial charge in [-0.15, -0.1) is 11.8 Å². The zero-order valence-corrected chi connectivity index (χ0v) is 13.2. The predicted octanol–water partition coefficient (Wildman–Crippen LogP) is 1.81. The fraction of sp³-hybridized carbons (Fsp3) is 0.857. The Bertz CT molecular complexity index is 403. The molecular formula is C14H23NO4S. The van der Waals surface area contributed by atoms with Gasteiger partial charge in [0, 0.05) is 5.75 Å². The molecule has 6 atom stereocenters. The van der Waals surface area contributed by atoms with Crippen molar-refractivity contribution in [3.63, 3.8) is 0 Å². The highest BCUT2D eigenvalue weighted by atomic mass is 32.2. The lowest BCUT2D eigenvalue weighted by Gasteiger charge is -2.31. The highest BCUT2D eigenvalue weighted by Crippen LogP contribution is 2.38. The monoisotopic (exact) mass is 301 g/mol. The Hall–Kier alpha value is -0.750. The van der Waals surface area contributed by atoms with Gasteiger partial charge in [-0.05, 0) is 26.2 Å². The first-order valence-corrected chi connectivity index (χ1v) is 8.25. The van der Waals surface area contributed by atoms with E-state index in [1.165, 1.54) is 0 Å². The lowest BCUT2D eigenvalue weighted by molar-refractivity contribution is -0.152. The molecule has 2 saturated heterocycles. The number of carbonyl (C=O) groups is 2. The van der Waals surface area contributed by atoms with Crippen LogP contribution in [0.25, 0.3) is 0 Å². The average molecular weight is 301 g/mol. The SMILES string of the molecule is CCC1SCC(C(=O)O)N1C(=O)C1C(C)OC(C)C1C. The van der Waals surface area contributed by atoms with Crippen LogP contribution in [0.4, 0.5) is 0 Å². The van der Waals surface area contributed by atoms with Crippen molar-refractivity contribution in [2.45, 2.75) is 57.7 Å². The van der Waals surface area contributed by atoms with Crippen molar-refractivity contribution in [2.75, 3.05) is 5.75 Å². The van der Waals surface area contributed by atoms with Gasteiger partial charge in [-0.1, -0.05) is 13.8 Å². The van der Waals surface area contributed by atoms with Gasteiger partial charge in [-0.2, -0.15) is 0 Å². The Balaban J connectivity index is 2.23. The maximum atomic E-state index is 12.9. The molecular weight excluding hydrogens is 278 g/mol. The molecule has 0 aromatic heterocycles. The minimum Gasteiger partial charge on any atom is -0.480 e. The van der Waals surface area contributed by atoms with E-state index < -0.39 is 12.0 Å². The second-order valence-corrected chi connectivity index (χ2v) is 6.94. The first-order chi connectivity index (χ1) is 9.38. The molecule has 1 N–H and O–H groups in total. The van der Waals surface area contributed by atoms with Crippen molar-refractivity contribution in [2.24, 2.45) is 11.8 Å². The molecule has 0 saturated carbocycles. The second kappa shape index (κ2) is 5.93. The van der Waals surface area contributed by atoms with Crippen LogP contribution in [0.1, 0.15) is 34.1 Å². The summed E-state index contributed by atoms with van der Waals surface area (Å²) in [6, 6.07) is -0.701. The first kappa shape index (κ1) is 15.6. The van der Waals surface area contributed by atoms with Crippen LogP contribution in [0.5, 0.6) is 0 Å². The van der Waals surface area contributed by atoms with E-state index in [2.05, 4.69) is 0 Å². The molecule has 2 aliphatic heterocycles. The number of aliphatic carboxylic acids is 1. The molecule has 0 spiro atoms. The van der Waals surface area contributed by atoms with Gasteiger partial charge in [0.05, 0.1) is 23.5 Å². The van der Waals surface area contributed by atoms with Crippen LogP contribution in [-0.4, -0.2) is 51.3 Å². The van der Waals surface area contributed by atoms with E-state index in [1.807, 2.05) is 27.7 Å². The highest BCUT2D eigenvalue weighted by Gasteiger charge is 2.49. The summed E-state index contributed by atoms with van der Waals surface area (Å²) in [5.74, 6) is -0.604. The van der Waals surface area contributed by atoms with Crippen LogP contribution >= 0.6 is 11.8 Å². The van der Waals surface area contributed by atoms with Gasteiger partial charge in [0.25, 0.3) is 0 Å². The first-order valence-electron chi connectivity index (χ1n) is 7.20. The predicted molar refractivity (Wildman–Crippen MR) is 77.5 cm³/mol. The lowest BCUT2D eigenvalue weighted by Crippen LogP contribution is -2.50. The molecule has 0 bridgehead atoms. The van der Waals surface area contributed by atoms with Gasteiger partial charge in [-0.25, -0.2) is 4.79 Å². The van der Waals surface area contributed by atoms with Gasteiger partial charge in [0.1, 0.15) is 6.04 Å². The number of amides is 1. The summed E-state index contributed by atoms with van der Waals surface area (Å²) in [6.45, 7) is 7.88. The van der Waals surface area contributed by atoms with E-state index in [-0.39, 0.29) is 35.3 Å². The molecule has 0 aromatic carbocycles. The Morgan fingerprint density at radius 2 is 1.95 bits per heavy atom. The second-order valence-electron chi connectivity index (χ2n) is 5.73. The minimum absolute atomic E-state index is 0.0288. The fourth-order valence-corrected chi connectivity index (χ4v) is 4.58. The zero-order valence-electron chi connectivity index (χ0n) is 12.4. The van der Waals surface area contributed by atoms with Crippen LogP contribution in [0.2, 0.25) is 0 Å². The topological polar surface area (TPSA) is 66.8 Å². The Morgan fingerprint density at radius 3 is 2.40 bits per heavy atom. The van der Waals surface area contributed by atoms with Crippen molar-refractivity contribution < 1.29 is 19.4 Å². The van der Waals surface area contributed by atoms with E-state index in [0.29, 0.717) is 5.75 Å². The molecule has 5 nitrogen and oxygen atoms in total. The van der Waals surface area contributed by atoms with E-state index >= 15 is 0 Å². The van der Waals surface area contributed by atoms with Gasteiger partial charge in [-0.3, -0.25) is 4.79 Å². The molecule has 1 amide bonds. The zero-order chi connectivity index (χ0) is 15.0. The maximum Gasteiger partial charge on any atom is 0.327 e. The number of hydrogen-bond donors (Lipinski definition) is 1. The molecule has 2 aliphatic rings. The number of hydrogen-bond acceptors (Lipinski definition) is 4. The molecule has 20 heavy (non-hydrogen) atoms.